The molecule has 1 N–H and O–H groups in total. The van der Waals surface area contributed by atoms with Crippen molar-refractivity contribution in [3.63, 3.8) is 0 Å². The highest BCUT2D eigenvalue weighted by Gasteiger charge is 2.38. The SMILES string of the molecule is CC(C)NC(=O)C1COCCN1C1CCCCC1C#N. The van der Waals surface area contributed by atoms with E-state index in [0.717, 1.165) is 32.2 Å². The van der Waals surface area contributed by atoms with E-state index < -0.39 is 0 Å². The van der Waals surface area contributed by atoms with E-state index in [0.29, 0.717) is 13.2 Å². The van der Waals surface area contributed by atoms with E-state index in [4.69, 9.17) is 4.74 Å². The van der Waals surface area contributed by atoms with Crippen LogP contribution in [0.5, 0.6) is 0 Å². The summed E-state index contributed by atoms with van der Waals surface area (Å²) in [5, 5.41) is 12.3. The van der Waals surface area contributed by atoms with Crippen LogP contribution in [0.15, 0.2) is 0 Å². The van der Waals surface area contributed by atoms with E-state index >= 15 is 0 Å². The Labute approximate surface area is 121 Å². The maximum absolute atomic E-state index is 12.3. The van der Waals surface area contributed by atoms with Gasteiger partial charge in [0.2, 0.25) is 5.91 Å². The van der Waals surface area contributed by atoms with Crippen molar-refractivity contribution in [3.05, 3.63) is 0 Å². The summed E-state index contributed by atoms with van der Waals surface area (Å²) in [5.41, 5.74) is 0. The third-order valence-corrected chi connectivity index (χ3v) is 4.22. The number of rotatable bonds is 3. The number of hydrogen-bond acceptors (Lipinski definition) is 4. The molecule has 0 radical (unpaired) electrons. The molecule has 0 aromatic heterocycles. The monoisotopic (exact) mass is 279 g/mol. The lowest BCUT2D eigenvalue weighted by Crippen LogP contribution is -2.59. The van der Waals surface area contributed by atoms with E-state index in [1.165, 1.54) is 0 Å². The van der Waals surface area contributed by atoms with E-state index in [9.17, 15) is 10.1 Å². The van der Waals surface area contributed by atoms with Gasteiger partial charge in [0.1, 0.15) is 6.04 Å². The van der Waals surface area contributed by atoms with Gasteiger partial charge in [0.05, 0.1) is 25.2 Å². The van der Waals surface area contributed by atoms with E-state index in [2.05, 4.69) is 16.3 Å². The number of nitrogens with zero attached hydrogens (tertiary/aromatic N) is 2. The Morgan fingerprint density at radius 1 is 1.40 bits per heavy atom. The van der Waals surface area contributed by atoms with Crippen LogP contribution in [0.4, 0.5) is 0 Å². The number of ether oxygens (including phenoxy) is 1. The molecule has 1 saturated carbocycles. The molecule has 1 saturated heterocycles. The molecule has 0 bridgehead atoms. The van der Waals surface area contributed by atoms with Crippen LogP contribution in [-0.2, 0) is 9.53 Å². The molecule has 5 nitrogen and oxygen atoms in total. The Balaban J connectivity index is 2.09. The fourth-order valence-electron chi connectivity index (χ4n) is 3.28. The predicted molar refractivity (Wildman–Crippen MR) is 76.0 cm³/mol. The fourth-order valence-corrected chi connectivity index (χ4v) is 3.28. The summed E-state index contributed by atoms with van der Waals surface area (Å²) >= 11 is 0. The molecule has 5 heteroatoms. The van der Waals surface area contributed by atoms with E-state index in [1.807, 2.05) is 13.8 Å². The number of amides is 1. The number of morpholine rings is 1. The molecular formula is C15H25N3O2. The second-order valence-corrected chi connectivity index (χ2v) is 6.08. The molecule has 3 unspecified atom stereocenters. The highest BCUT2D eigenvalue weighted by Crippen LogP contribution is 2.30. The average Bonchev–Trinajstić information content (AvgIpc) is 2.46. The highest BCUT2D eigenvalue weighted by molar-refractivity contribution is 5.82. The van der Waals surface area contributed by atoms with Crippen LogP contribution in [0.25, 0.3) is 0 Å². The van der Waals surface area contributed by atoms with Crippen molar-refractivity contribution in [2.24, 2.45) is 5.92 Å². The minimum Gasteiger partial charge on any atom is -0.378 e. The molecule has 1 aliphatic carbocycles. The molecule has 0 aromatic carbocycles. The van der Waals surface area contributed by atoms with Crippen LogP contribution in [-0.4, -0.2) is 48.7 Å². The van der Waals surface area contributed by atoms with Gasteiger partial charge in [0, 0.05) is 18.6 Å². The van der Waals surface area contributed by atoms with Crippen molar-refractivity contribution in [3.8, 4) is 6.07 Å². The van der Waals surface area contributed by atoms with Gasteiger partial charge in [0.25, 0.3) is 0 Å². The van der Waals surface area contributed by atoms with Crippen LogP contribution in [0, 0.1) is 17.2 Å². The minimum atomic E-state index is -0.245. The molecule has 2 fully saturated rings. The Kier molecular flexibility index (Phi) is 5.38. The van der Waals surface area contributed by atoms with Crippen molar-refractivity contribution in [2.45, 2.75) is 57.7 Å². The summed E-state index contributed by atoms with van der Waals surface area (Å²) in [4.78, 5) is 14.6. The maximum Gasteiger partial charge on any atom is 0.239 e. The molecule has 112 valence electrons. The molecule has 3 atom stereocenters. The standard InChI is InChI=1S/C15H25N3O2/c1-11(2)17-15(19)14-10-20-8-7-18(14)13-6-4-3-5-12(13)9-16/h11-14H,3-8,10H2,1-2H3,(H,17,19). The van der Waals surface area contributed by atoms with Gasteiger partial charge in [-0.05, 0) is 26.7 Å². The van der Waals surface area contributed by atoms with E-state index in [-0.39, 0.29) is 30.0 Å². The normalized spacial score (nSPS) is 31.8. The minimum absolute atomic E-state index is 0.0296. The number of carbonyl (C=O) groups is 1. The van der Waals surface area contributed by atoms with Gasteiger partial charge in [-0.2, -0.15) is 5.26 Å². The third-order valence-electron chi connectivity index (χ3n) is 4.22. The van der Waals surface area contributed by atoms with E-state index in [1.54, 1.807) is 0 Å². The lowest BCUT2D eigenvalue weighted by Gasteiger charge is -2.43. The first-order valence-corrected chi connectivity index (χ1v) is 7.67. The van der Waals surface area contributed by atoms with Crippen LogP contribution in [0.2, 0.25) is 0 Å². The summed E-state index contributed by atoms with van der Waals surface area (Å²) in [6.45, 7) is 5.77. The Morgan fingerprint density at radius 2 is 2.15 bits per heavy atom. The third kappa shape index (κ3) is 3.50. The first-order valence-electron chi connectivity index (χ1n) is 7.67. The lowest BCUT2D eigenvalue weighted by atomic mass is 9.83. The van der Waals surface area contributed by atoms with Crippen molar-refractivity contribution in [1.29, 1.82) is 5.26 Å². The first kappa shape index (κ1) is 15.3. The largest absolute Gasteiger partial charge is 0.378 e. The topological polar surface area (TPSA) is 65.4 Å². The predicted octanol–water partition coefficient (Wildman–Crippen LogP) is 1.29. The summed E-state index contributed by atoms with van der Waals surface area (Å²) < 4.78 is 5.49. The van der Waals surface area contributed by atoms with Gasteiger partial charge in [-0.15, -0.1) is 0 Å². The van der Waals surface area contributed by atoms with Crippen molar-refractivity contribution >= 4 is 5.91 Å². The molecule has 1 amide bonds. The Hall–Kier alpha value is -1.12. The number of nitrogens with one attached hydrogen (secondary N) is 1. The van der Waals surface area contributed by atoms with Crippen molar-refractivity contribution < 1.29 is 9.53 Å². The van der Waals surface area contributed by atoms with Gasteiger partial charge in [-0.3, -0.25) is 9.69 Å². The Bertz CT molecular complexity index is 378. The van der Waals surface area contributed by atoms with Gasteiger partial charge in [0.15, 0.2) is 0 Å². The zero-order chi connectivity index (χ0) is 14.5. The highest BCUT2D eigenvalue weighted by atomic mass is 16.5. The summed E-state index contributed by atoms with van der Waals surface area (Å²) in [5.74, 6) is 0.0816. The molecule has 2 aliphatic rings. The Morgan fingerprint density at radius 3 is 2.85 bits per heavy atom. The molecule has 0 spiro atoms. The number of hydrogen-bond donors (Lipinski definition) is 1. The van der Waals surface area contributed by atoms with Crippen LogP contribution < -0.4 is 5.32 Å². The quantitative estimate of drug-likeness (QED) is 0.845. The maximum atomic E-state index is 12.3. The molecular weight excluding hydrogens is 254 g/mol. The summed E-state index contributed by atoms with van der Waals surface area (Å²) in [7, 11) is 0. The summed E-state index contributed by atoms with van der Waals surface area (Å²) in [6.07, 6.45) is 4.25. The van der Waals surface area contributed by atoms with Gasteiger partial charge < -0.3 is 10.1 Å². The zero-order valence-electron chi connectivity index (χ0n) is 12.5. The van der Waals surface area contributed by atoms with Gasteiger partial charge in [-0.25, -0.2) is 0 Å². The second kappa shape index (κ2) is 7.05. The zero-order valence-corrected chi connectivity index (χ0v) is 12.5. The fraction of sp³-hybridized carbons (Fsp3) is 0.867. The van der Waals surface area contributed by atoms with Crippen LogP contribution >= 0.6 is 0 Å². The van der Waals surface area contributed by atoms with Gasteiger partial charge >= 0.3 is 0 Å². The van der Waals surface area contributed by atoms with Crippen molar-refractivity contribution in [2.75, 3.05) is 19.8 Å². The first-order chi connectivity index (χ1) is 9.63. The number of carbonyl (C=O) groups excluding carboxylic acids is 1. The molecule has 1 aliphatic heterocycles. The smallest absolute Gasteiger partial charge is 0.239 e. The molecule has 0 aromatic rings. The number of nitriles is 1. The molecule has 20 heavy (non-hydrogen) atoms. The van der Waals surface area contributed by atoms with Crippen LogP contribution in [0.1, 0.15) is 39.5 Å². The lowest BCUT2D eigenvalue weighted by molar-refractivity contribution is -0.136. The van der Waals surface area contributed by atoms with Gasteiger partial charge in [-0.1, -0.05) is 12.8 Å². The molecule has 1 heterocycles. The molecule has 2 rings (SSSR count). The summed E-state index contributed by atoms with van der Waals surface area (Å²) in [6, 6.07) is 2.53. The second-order valence-electron chi connectivity index (χ2n) is 6.08. The average molecular weight is 279 g/mol. The van der Waals surface area contributed by atoms with Crippen molar-refractivity contribution in [1.82, 2.24) is 10.2 Å². The van der Waals surface area contributed by atoms with Crippen LogP contribution in [0.3, 0.4) is 0 Å².